The fourth-order valence-electron chi connectivity index (χ4n) is 1.78. The van der Waals surface area contributed by atoms with Gasteiger partial charge in [0.1, 0.15) is 23.7 Å². The van der Waals surface area contributed by atoms with Crippen LogP contribution in [0.3, 0.4) is 0 Å². The summed E-state index contributed by atoms with van der Waals surface area (Å²) in [5.74, 6) is -0.432. The van der Waals surface area contributed by atoms with Crippen LogP contribution in [0, 0.1) is 12.7 Å². The van der Waals surface area contributed by atoms with Gasteiger partial charge in [-0.25, -0.2) is 9.18 Å². The van der Waals surface area contributed by atoms with Gasteiger partial charge in [-0.05, 0) is 25.1 Å². The average Bonchev–Trinajstić information content (AvgIpc) is 2.76. The first-order valence-corrected chi connectivity index (χ1v) is 6.01. The van der Waals surface area contributed by atoms with Gasteiger partial charge in [0.05, 0.1) is 13.3 Å². The minimum absolute atomic E-state index is 0.0614. The molecule has 0 saturated heterocycles. The highest BCUT2D eigenvalue weighted by atomic mass is 19.1. The van der Waals surface area contributed by atoms with Crippen molar-refractivity contribution in [2.24, 2.45) is 7.05 Å². The van der Waals surface area contributed by atoms with E-state index in [1.165, 1.54) is 31.5 Å². The van der Waals surface area contributed by atoms with E-state index < -0.39 is 11.8 Å². The fraction of sp³-hybridized carbons (Fsp3) is 0.286. The van der Waals surface area contributed by atoms with Crippen molar-refractivity contribution in [3.63, 3.8) is 0 Å². The van der Waals surface area contributed by atoms with Crippen LogP contribution in [0.25, 0.3) is 0 Å². The molecule has 0 radical (unpaired) electrons. The number of carbonyl (C=O) groups excluding carboxylic acids is 1. The Bertz CT molecular complexity index is 637. The third-order valence-corrected chi connectivity index (χ3v) is 3.06. The molecule has 5 nitrogen and oxygen atoms in total. The molecule has 1 aromatic heterocycles. The summed E-state index contributed by atoms with van der Waals surface area (Å²) in [6.45, 7) is 1.71. The Morgan fingerprint density at radius 1 is 1.45 bits per heavy atom. The maximum Gasteiger partial charge on any atom is 0.341 e. The van der Waals surface area contributed by atoms with Crippen molar-refractivity contribution in [2.75, 3.05) is 7.11 Å². The van der Waals surface area contributed by atoms with Crippen molar-refractivity contribution in [2.45, 2.75) is 13.5 Å². The molecule has 0 aliphatic carbocycles. The number of rotatable bonds is 4. The number of benzene rings is 1. The number of ether oxygens (including phenoxy) is 2. The van der Waals surface area contributed by atoms with Crippen molar-refractivity contribution in [1.82, 2.24) is 9.78 Å². The highest BCUT2D eigenvalue weighted by Gasteiger charge is 2.15. The van der Waals surface area contributed by atoms with E-state index in [1.54, 1.807) is 18.7 Å². The van der Waals surface area contributed by atoms with Crippen molar-refractivity contribution >= 4 is 5.97 Å². The summed E-state index contributed by atoms with van der Waals surface area (Å²) in [4.78, 5) is 11.9. The van der Waals surface area contributed by atoms with Crippen LogP contribution in [-0.2, 0) is 18.4 Å². The largest absolute Gasteiger partial charge is 0.496 e. The highest BCUT2D eigenvalue weighted by molar-refractivity contribution is 5.90. The lowest BCUT2D eigenvalue weighted by Crippen LogP contribution is -2.07. The maximum absolute atomic E-state index is 13.2. The zero-order chi connectivity index (χ0) is 14.7. The molecular weight excluding hydrogens is 263 g/mol. The van der Waals surface area contributed by atoms with Crippen LogP contribution >= 0.6 is 0 Å². The summed E-state index contributed by atoms with van der Waals surface area (Å²) in [5.41, 5.74) is 1.58. The minimum atomic E-state index is -0.498. The summed E-state index contributed by atoms with van der Waals surface area (Å²) >= 11 is 0. The molecular formula is C14H15FN2O3. The van der Waals surface area contributed by atoms with E-state index in [4.69, 9.17) is 9.47 Å². The molecule has 1 heterocycles. The first-order chi connectivity index (χ1) is 9.52. The molecule has 0 aliphatic rings. The molecule has 0 N–H and O–H groups in total. The van der Waals surface area contributed by atoms with Gasteiger partial charge in [0.15, 0.2) is 0 Å². The Morgan fingerprint density at radius 3 is 2.80 bits per heavy atom. The number of hydrogen-bond acceptors (Lipinski definition) is 4. The van der Waals surface area contributed by atoms with Crippen molar-refractivity contribution < 1.29 is 18.7 Å². The lowest BCUT2D eigenvalue weighted by atomic mass is 10.2. The van der Waals surface area contributed by atoms with Crippen LogP contribution < -0.4 is 4.74 Å². The van der Waals surface area contributed by atoms with Crippen LogP contribution in [0.5, 0.6) is 5.75 Å². The topological polar surface area (TPSA) is 53.4 Å². The number of halogens is 1. The van der Waals surface area contributed by atoms with Crippen molar-refractivity contribution in [1.29, 1.82) is 0 Å². The molecule has 0 amide bonds. The minimum Gasteiger partial charge on any atom is -0.496 e. The molecule has 1 aromatic carbocycles. The fourth-order valence-corrected chi connectivity index (χ4v) is 1.78. The number of hydrogen-bond donors (Lipinski definition) is 0. The molecule has 106 valence electrons. The summed E-state index contributed by atoms with van der Waals surface area (Å²) in [6.07, 6.45) is 1.44. The zero-order valence-corrected chi connectivity index (χ0v) is 11.5. The Labute approximate surface area is 115 Å². The second kappa shape index (κ2) is 5.73. The van der Waals surface area contributed by atoms with E-state index in [9.17, 15) is 9.18 Å². The van der Waals surface area contributed by atoms with E-state index in [0.29, 0.717) is 22.6 Å². The summed E-state index contributed by atoms with van der Waals surface area (Å²) < 4.78 is 25.0. The molecule has 0 atom stereocenters. The van der Waals surface area contributed by atoms with E-state index in [0.717, 1.165) is 0 Å². The number of carbonyl (C=O) groups is 1. The van der Waals surface area contributed by atoms with E-state index in [1.807, 2.05) is 0 Å². The SMILES string of the molecule is COc1ccc(F)cc1COC(=O)c1cnn(C)c1C. The molecule has 0 saturated carbocycles. The smallest absolute Gasteiger partial charge is 0.341 e. The molecule has 20 heavy (non-hydrogen) atoms. The van der Waals surface area contributed by atoms with Crippen molar-refractivity contribution in [3.05, 3.63) is 47.0 Å². The van der Waals surface area contributed by atoms with Gasteiger partial charge in [0, 0.05) is 18.3 Å². The monoisotopic (exact) mass is 278 g/mol. The molecule has 2 aromatic rings. The van der Waals surface area contributed by atoms with Gasteiger partial charge < -0.3 is 9.47 Å². The van der Waals surface area contributed by atoms with Gasteiger partial charge in [-0.15, -0.1) is 0 Å². The predicted octanol–water partition coefficient (Wildman–Crippen LogP) is 2.23. The molecule has 0 spiro atoms. The number of methoxy groups -OCH3 is 1. The molecule has 0 bridgehead atoms. The summed E-state index contributed by atoms with van der Waals surface area (Å²) in [6, 6.07) is 4.06. The Balaban J connectivity index is 2.11. The van der Waals surface area contributed by atoms with Gasteiger partial charge >= 0.3 is 5.97 Å². The second-order valence-electron chi connectivity index (χ2n) is 4.30. The first kappa shape index (κ1) is 14.0. The number of esters is 1. The van der Waals surface area contributed by atoms with E-state index in [2.05, 4.69) is 5.10 Å². The first-order valence-electron chi connectivity index (χ1n) is 6.01. The Hall–Kier alpha value is -2.37. The molecule has 0 unspecified atom stereocenters. The van der Waals surface area contributed by atoms with E-state index in [-0.39, 0.29) is 6.61 Å². The quantitative estimate of drug-likeness (QED) is 0.805. The molecule has 0 aliphatic heterocycles. The summed E-state index contributed by atoms with van der Waals surface area (Å²) in [5, 5.41) is 3.97. The maximum atomic E-state index is 13.2. The van der Waals surface area contributed by atoms with Crippen LogP contribution in [0.4, 0.5) is 4.39 Å². The third kappa shape index (κ3) is 2.79. The predicted molar refractivity (Wildman–Crippen MR) is 70.0 cm³/mol. The lowest BCUT2D eigenvalue weighted by Gasteiger charge is -2.09. The lowest BCUT2D eigenvalue weighted by molar-refractivity contribution is 0.0468. The number of aryl methyl sites for hydroxylation is 1. The Kier molecular flexibility index (Phi) is 4.02. The van der Waals surface area contributed by atoms with Crippen LogP contribution in [0.15, 0.2) is 24.4 Å². The summed E-state index contributed by atoms with van der Waals surface area (Å²) in [7, 11) is 3.21. The average molecular weight is 278 g/mol. The normalized spacial score (nSPS) is 10.4. The van der Waals surface area contributed by atoms with Gasteiger partial charge in [-0.3, -0.25) is 4.68 Å². The van der Waals surface area contributed by atoms with Crippen molar-refractivity contribution in [3.8, 4) is 5.75 Å². The standard InChI is InChI=1S/C14H15FN2O3/c1-9-12(7-16-17(9)2)14(18)20-8-10-6-11(15)4-5-13(10)19-3/h4-7H,8H2,1-3H3. The van der Waals surface area contributed by atoms with E-state index >= 15 is 0 Å². The number of aromatic nitrogens is 2. The van der Waals surface area contributed by atoms with Gasteiger partial charge in [0.2, 0.25) is 0 Å². The molecule has 2 rings (SSSR count). The Morgan fingerprint density at radius 2 is 2.20 bits per heavy atom. The second-order valence-corrected chi connectivity index (χ2v) is 4.30. The van der Waals surface area contributed by atoms with Gasteiger partial charge in [0.25, 0.3) is 0 Å². The van der Waals surface area contributed by atoms with Gasteiger partial charge in [-0.2, -0.15) is 5.10 Å². The van der Waals surface area contributed by atoms with Crippen LogP contribution in [0.2, 0.25) is 0 Å². The highest BCUT2D eigenvalue weighted by Crippen LogP contribution is 2.20. The number of nitrogens with zero attached hydrogens (tertiary/aromatic N) is 2. The van der Waals surface area contributed by atoms with Gasteiger partial charge in [-0.1, -0.05) is 0 Å². The third-order valence-electron chi connectivity index (χ3n) is 3.06. The van der Waals surface area contributed by atoms with Crippen LogP contribution in [0.1, 0.15) is 21.6 Å². The molecule has 0 fully saturated rings. The van der Waals surface area contributed by atoms with Crippen LogP contribution in [-0.4, -0.2) is 22.9 Å². The zero-order valence-electron chi connectivity index (χ0n) is 11.5. The molecule has 6 heteroatoms.